The Balaban J connectivity index is 1.79. The van der Waals surface area contributed by atoms with Gasteiger partial charge in [-0.2, -0.15) is 0 Å². The monoisotopic (exact) mass is 402 g/mol. The van der Waals surface area contributed by atoms with Gasteiger partial charge in [0.25, 0.3) is 5.91 Å². The van der Waals surface area contributed by atoms with E-state index >= 15 is 0 Å². The first-order chi connectivity index (χ1) is 14.0. The molecule has 0 saturated heterocycles. The molecule has 0 unspecified atom stereocenters. The molecule has 0 saturated carbocycles. The van der Waals surface area contributed by atoms with Crippen molar-refractivity contribution in [2.24, 2.45) is 4.99 Å². The number of ether oxygens (including phenoxy) is 1. The lowest BCUT2D eigenvalue weighted by atomic mass is 10.1. The normalized spacial score (nSPS) is 15.0. The molecule has 0 fully saturated rings. The van der Waals surface area contributed by atoms with Gasteiger partial charge in [0, 0.05) is 10.6 Å². The SMILES string of the molecule is COc1ccc(C2=NC(=Cc3ccc(Cl)cc3)C(=O)N2c2ccc(C)cc2)cc1. The number of aryl methyl sites for hydroxylation is 1. The lowest BCUT2D eigenvalue weighted by molar-refractivity contribution is -0.113. The number of amides is 1. The highest BCUT2D eigenvalue weighted by atomic mass is 35.5. The van der Waals surface area contributed by atoms with Crippen LogP contribution >= 0.6 is 11.6 Å². The third kappa shape index (κ3) is 3.93. The third-order valence-electron chi connectivity index (χ3n) is 4.67. The predicted octanol–water partition coefficient (Wildman–Crippen LogP) is 5.49. The molecule has 3 aromatic carbocycles. The van der Waals surface area contributed by atoms with Crippen molar-refractivity contribution in [3.05, 3.63) is 100 Å². The van der Waals surface area contributed by atoms with Crippen molar-refractivity contribution < 1.29 is 9.53 Å². The van der Waals surface area contributed by atoms with Crippen LogP contribution in [0.15, 0.2) is 83.5 Å². The van der Waals surface area contributed by atoms with E-state index < -0.39 is 0 Å². The molecule has 29 heavy (non-hydrogen) atoms. The third-order valence-corrected chi connectivity index (χ3v) is 4.93. The van der Waals surface area contributed by atoms with Crippen LogP contribution in [0.5, 0.6) is 5.75 Å². The van der Waals surface area contributed by atoms with Crippen LogP contribution in [-0.2, 0) is 4.79 Å². The zero-order chi connectivity index (χ0) is 20.4. The number of anilines is 1. The molecule has 0 atom stereocenters. The minimum absolute atomic E-state index is 0.172. The summed E-state index contributed by atoms with van der Waals surface area (Å²) >= 11 is 5.97. The average molecular weight is 403 g/mol. The van der Waals surface area contributed by atoms with Crippen LogP contribution in [0.3, 0.4) is 0 Å². The molecule has 0 aliphatic carbocycles. The van der Waals surface area contributed by atoms with Crippen LogP contribution in [0.4, 0.5) is 5.69 Å². The molecule has 4 rings (SSSR count). The van der Waals surface area contributed by atoms with Crippen LogP contribution in [0.2, 0.25) is 5.02 Å². The molecule has 1 aliphatic rings. The van der Waals surface area contributed by atoms with Crippen molar-refractivity contribution in [3.63, 3.8) is 0 Å². The van der Waals surface area contributed by atoms with Gasteiger partial charge in [0.1, 0.15) is 17.3 Å². The van der Waals surface area contributed by atoms with Crippen molar-refractivity contribution in [2.45, 2.75) is 6.92 Å². The van der Waals surface area contributed by atoms with Gasteiger partial charge in [0.05, 0.1) is 12.8 Å². The molecule has 144 valence electrons. The molecule has 1 aliphatic heterocycles. The van der Waals surface area contributed by atoms with E-state index in [1.807, 2.05) is 67.6 Å². The first-order valence-electron chi connectivity index (χ1n) is 9.16. The number of nitrogens with zero attached hydrogens (tertiary/aromatic N) is 2. The number of hydrogen-bond acceptors (Lipinski definition) is 3. The quantitative estimate of drug-likeness (QED) is 0.541. The number of methoxy groups -OCH3 is 1. The van der Waals surface area contributed by atoms with Gasteiger partial charge >= 0.3 is 0 Å². The number of rotatable bonds is 4. The molecule has 0 bridgehead atoms. The molecule has 5 heteroatoms. The van der Waals surface area contributed by atoms with Crippen molar-refractivity contribution in [1.82, 2.24) is 0 Å². The van der Waals surface area contributed by atoms with Crippen molar-refractivity contribution in [3.8, 4) is 5.75 Å². The van der Waals surface area contributed by atoms with Crippen LogP contribution in [0.1, 0.15) is 16.7 Å². The highest BCUT2D eigenvalue weighted by Gasteiger charge is 2.32. The standard InChI is InChI=1S/C24H19ClN2O2/c1-16-3-11-20(12-4-16)27-23(18-7-13-21(29-2)14-8-18)26-22(24(27)28)15-17-5-9-19(25)10-6-17/h3-15H,1-2H3. The Morgan fingerprint density at radius 3 is 2.21 bits per heavy atom. The summed E-state index contributed by atoms with van der Waals surface area (Å²) in [6, 6.07) is 22.6. The van der Waals surface area contributed by atoms with Gasteiger partial charge in [0.2, 0.25) is 0 Å². The van der Waals surface area contributed by atoms with Gasteiger partial charge in [-0.1, -0.05) is 41.4 Å². The van der Waals surface area contributed by atoms with Gasteiger partial charge in [-0.05, 0) is 67.1 Å². The average Bonchev–Trinajstić information content (AvgIpc) is 3.06. The van der Waals surface area contributed by atoms with E-state index in [9.17, 15) is 4.79 Å². The lowest BCUT2D eigenvalue weighted by Gasteiger charge is -2.19. The molecule has 0 aromatic heterocycles. The number of aliphatic imine (C=N–C) groups is 1. The van der Waals surface area contributed by atoms with Crippen molar-refractivity contribution in [2.75, 3.05) is 12.0 Å². The fourth-order valence-electron chi connectivity index (χ4n) is 3.10. The maximum absolute atomic E-state index is 13.3. The summed E-state index contributed by atoms with van der Waals surface area (Å²) in [5.74, 6) is 1.16. The molecular formula is C24H19ClN2O2. The van der Waals surface area contributed by atoms with Crippen molar-refractivity contribution in [1.29, 1.82) is 0 Å². The number of amidine groups is 1. The number of carbonyl (C=O) groups is 1. The fraction of sp³-hybridized carbons (Fsp3) is 0.0833. The van der Waals surface area contributed by atoms with Crippen LogP contribution < -0.4 is 9.64 Å². The zero-order valence-electron chi connectivity index (χ0n) is 16.1. The number of hydrogen-bond donors (Lipinski definition) is 0. The summed E-state index contributed by atoms with van der Waals surface area (Å²) in [7, 11) is 1.62. The highest BCUT2D eigenvalue weighted by Crippen LogP contribution is 2.29. The van der Waals surface area contributed by atoms with E-state index in [1.165, 1.54) is 0 Å². The maximum atomic E-state index is 13.3. The highest BCUT2D eigenvalue weighted by molar-refractivity contribution is 6.33. The summed E-state index contributed by atoms with van der Waals surface area (Å²) in [5, 5.41) is 0.647. The first-order valence-corrected chi connectivity index (χ1v) is 9.54. The summed E-state index contributed by atoms with van der Waals surface area (Å²) in [6.07, 6.45) is 1.77. The Morgan fingerprint density at radius 2 is 1.59 bits per heavy atom. The fourth-order valence-corrected chi connectivity index (χ4v) is 3.23. The van der Waals surface area contributed by atoms with E-state index in [0.29, 0.717) is 16.6 Å². The van der Waals surface area contributed by atoms with E-state index in [-0.39, 0.29) is 5.91 Å². The molecule has 0 radical (unpaired) electrons. The minimum atomic E-state index is -0.172. The Labute approximate surface area is 174 Å². The van der Waals surface area contributed by atoms with E-state index in [1.54, 1.807) is 30.2 Å². The lowest BCUT2D eigenvalue weighted by Crippen LogP contribution is -2.32. The Hall–Kier alpha value is -3.37. The molecular weight excluding hydrogens is 384 g/mol. The maximum Gasteiger partial charge on any atom is 0.282 e. The number of halogens is 1. The van der Waals surface area contributed by atoms with Gasteiger partial charge in [-0.25, -0.2) is 4.99 Å². The molecule has 4 nitrogen and oxygen atoms in total. The van der Waals surface area contributed by atoms with Gasteiger partial charge in [-0.3, -0.25) is 9.69 Å². The first kappa shape index (κ1) is 19.0. The Kier molecular flexibility index (Phi) is 5.19. The number of carbonyl (C=O) groups excluding carboxylic acids is 1. The summed E-state index contributed by atoms with van der Waals surface area (Å²) in [5.41, 5.74) is 3.97. The Morgan fingerprint density at radius 1 is 0.931 bits per heavy atom. The summed E-state index contributed by atoms with van der Waals surface area (Å²) in [4.78, 5) is 19.6. The largest absolute Gasteiger partial charge is 0.497 e. The van der Waals surface area contributed by atoms with Crippen LogP contribution in [0, 0.1) is 6.92 Å². The summed E-state index contributed by atoms with van der Waals surface area (Å²) < 4.78 is 5.24. The zero-order valence-corrected chi connectivity index (χ0v) is 16.9. The van der Waals surface area contributed by atoms with E-state index in [0.717, 1.165) is 28.1 Å². The van der Waals surface area contributed by atoms with Crippen LogP contribution in [0.25, 0.3) is 6.08 Å². The second kappa shape index (κ2) is 7.94. The molecule has 1 heterocycles. The van der Waals surface area contributed by atoms with Crippen molar-refractivity contribution >= 4 is 35.1 Å². The second-order valence-electron chi connectivity index (χ2n) is 6.72. The summed E-state index contributed by atoms with van der Waals surface area (Å²) in [6.45, 7) is 2.01. The molecule has 1 amide bonds. The second-order valence-corrected chi connectivity index (χ2v) is 7.16. The number of benzene rings is 3. The Bertz CT molecular complexity index is 1100. The predicted molar refractivity (Wildman–Crippen MR) is 118 cm³/mol. The topological polar surface area (TPSA) is 41.9 Å². The van der Waals surface area contributed by atoms with Gasteiger partial charge in [-0.15, -0.1) is 0 Å². The van der Waals surface area contributed by atoms with Gasteiger partial charge < -0.3 is 4.74 Å². The molecule has 3 aromatic rings. The smallest absolute Gasteiger partial charge is 0.282 e. The molecule has 0 N–H and O–H groups in total. The van der Waals surface area contributed by atoms with E-state index in [4.69, 9.17) is 16.3 Å². The van der Waals surface area contributed by atoms with Crippen LogP contribution in [-0.4, -0.2) is 18.9 Å². The minimum Gasteiger partial charge on any atom is -0.497 e. The van der Waals surface area contributed by atoms with Gasteiger partial charge in [0.15, 0.2) is 0 Å². The van der Waals surface area contributed by atoms with E-state index in [2.05, 4.69) is 4.99 Å². The molecule has 0 spiro atoms.